The number of hydrogen-bond donors (Lipinski definition) is 2. The Morgan fingerprint density at radius 2 is 1.90 bits per heavy atom. The Kier molecular flexibility index (Phi) is 7.22. The van der Waals surface area contributed by atoms with E-state index in [9.17, 15) is 14.4 Å². The van der Waals surface area contributed by atoms with Gasteiger partial charge in [-0.3, -0.25) is 19.4 Å². The number of fused-ring (bicyclic) bond motifs is 1. The molecule has 8 atom stereocenters. The van der Waals surface area contributed by atoms with Gasteiger partial charge in [-0.05, 0) is 53.5 Å². The number of amides is 3. The van der Waals surface area contributed by atoms with Crippen molar-refractivity contribution in [3.63, 3.8) is 0 Å². The van der Waals surface area contributed by atoms with Crippen LogP contribution in [0.4, 0.5) is 5.69 Å². The summed E-state index contributed by atoms with van der Waals surface area (Å²) in [5, 5.41) is 6.32. The summed E-state index contributed by atoms with van der Waals surface area (Å²) < 4.78 is 6.50. The van der Waals surface area contributed by atoms with Gasteiger partial charge in [0.05, 0.1) is 17.9 Å². The molecule has 216 valence electrons. The first-order chi connectivity index (χ1) is 19.7. The SMILES string of the molecule is CC(C)c1ccc(NC(=O)C2[C@H]3C=CC4(O3)C(C(=O)NC3CCCC(C)C3C)N(Cc3cccnc3)C(=O)[C@@H]24)cc1. The van der Waals surface area contributed by atoms with E-state index in [1.54, 1.807) is 17.3 Å². The van der Waals surface area contributed by atoms with E-state index < -0.39 is 29.6 Å². The van der Waals surface area contributed by atoms with Crippen LogP contribution < -0.4 is 10.6 Å². The van der Waals surface area contributed by atoms with Gasteiger partial charge in [0.25, 0.3) is 0 Å². The van der Waals surface area contributed by atoms with Crippen LogP contribution in [-0.4, -0.2) is 51.4 Å². The van der Waals surface area contributed by atoms with Crippen LogP contribution in [0.25, 0.3) is 0 Å². The fraction of sp³-hybridized carbons (Fsp3) is 0.515. The molecule has 1 aromatic carbocycles. The predicted molar refractivity (Wildman–Crippen MR) is 156 cm³/mol. The van der Waals surface area contributed by atoms with Gasteiger partial charge in [-0.15, -0.1) is 0 Å². The molecular weight excluding hydrogens is 516 g/mol. The van der Waals surface area contributed by atoms with Crippen molar-refractivity contribution in [3.8, 4) is 0 Å². The van der Waals surface area contributed by atoms with E-state index in [4.69, 9.17) is 4.74 Å². The largest absolute Gasteiger partial charge is 0.359 e. The summed E-state index contributed by atoms with van der Waals surface area (Å²) in [6, 6.07) is 10.7. The molecule has 2 bridgehead atoms. The van der Waals surface area contributed by atoms with Crippen molar-refractivity contribution in [3.05, 3.63) is 72.1 Å². The summed E-state index contributed by atoms with van der Waals surface area (Å²) >= 11 is 0. The van der Waals surface area contributed by atoms with Gasteiger partial charge in [-0.1, -0.05) is 70.9 Å². The Morgan fingerprint density at radius 1 is 1.12 bits per heavy atom. The van der Waals surface area contributed by atoms with Crippen molar-refractivity contribution in [2.45, 2.75) is 83.2 Å². The lowest BCUT2D eigenvalue weighted by atomic mass is 9.73. The molecule has 3 aliphatic heterocycles. The molecule has 1 aromatic heterocycles. The number of benzene rings is 1. The van der Waals surface area contributed by atoms with Crippen molar-refractivity contribution < 1.29 is 19.1 Å². The second kappa shape index (κ2) is 10.7. The quantitative estimate of drug-likeness (QED) is 0.492. The van der Waals surface area contributed by atoms with Crippen LogP contribution in [-0.2, 0) is 25.7 Å². The minimum absolute atomic E-state index is 0.0348. The van der Waals surface area contributed by atoms with Gasteiger partial charge in [0.15, 0.2) is 0 Å². The summed E-state index contributed by atoms with van der Waals surface area (Å²) in [6.07, 6.45) is 9.67. The molecule has 3 fully saturated rings. The third kappa shape index (κ3) is 4.76. The van der Waals surface area contributed by atoms with Crippen molar-refractivity contribution in [2.75, 3.05) is 5.32 Å². The number of likely N-dealkylation sites (tertiary alicyclic amines) is 1. The maximum Gasteiger partial charge on any atom is 0.246 e. The summed E-state index contributed by atoms with van der Waals surface area (Å²) in [6.45, 7) is 8.88. The molecule has 41 heavy (non-hydrogen) atoms. The molecule has 8 heteroatoms. The predicted octanol–water partition coefficient (Wildman–Crippen LogP) is 4.44. The number of nitrogens with zero attached hydrogens (tertiary/aromatic N) is 2. The smallest absolute Gasteiger partial charge is 0.246 e. The summed E-state index contributed by atoms with van der Waals surface area (Å²) in [5.74, 6) is -1.02. The molecule has 8 nitrogen and oxygen atoms in total. The van der Waals surface area contributed by atoms with Gasteiger partial charge >= 0.3 is 0 Å². The molecular formula is C33H40N4O4. The van der Waals surface area contributed by atoms with Crippen LogP contribution in [0.1, 0.15) is 64.0 Å². The Hall–Kier alpha value is -3.52. The number of carbonyl (C=O) groups excluding carboxylic acids is 3. The van der Waals surface area contributed by atoms with Crippen molar-refractivity contribution >= 4 is 23.4 Å². The number of aromatic nitrogens is 1. The monoisotopic (exact) mass is 556 g/mol. The maximum atomic E-state index is 14.2. The average Bonchev–Trinajstić information content (AvgIpc) is 3.59. The van der Waals surface area contributed by atoms with Gasteiger partial charge in [-0.2, -0.15) is 0 Å². The van der Waals surface area contributed by atoms with Crippen molar-refractivity contribution in [1.29, 1.82) is 0 Å². The van der Waals surface area contributed by atoms with Gasteiger partial charge in [-0.25, -0.2) is 0 Å². The minimum Gasteiger partial charge on any atom is -0.359 e. The zero-order valence-corrected chi connectivity index (χ0v) is 24.2. The molecule has 2 N–H and O–H groups in total. The topological polar surface area (TPSA) is 101 Å². The normalized spacial score (nSPS) is 33.7. The number of ether oxygens (including phenoxy) is 1. The van der Waals surface area contributed by atoms with E-state index in [2.05, 4.69) is 43.3 Å². The van der Waals surface area contributed by atoms with Crippen LogP contribution in [0.3, 0.4) is 0 Å². The third-order valence-corrected chi connectivity index (χ3v) is 9.88. The number of anilines is 1. The van der Waals surface area contributed by atoms with Crippen LogP contribution in [0.2, 0.25) is 0 Å². The molecule has 2 aromatic rings. The Balaban J connectivity index is 1.30. The second-order valence-electron chi connectivity index (χ2n) is 12.7. The molecule has 6 rings (SSSR count). The average molecular weight is 557 g/mol. The number of hydrogen-bond acceptors (Lipinski definition) is 5. The van der Waals surface area contributed by atoms with Crippen LogP contribution in [0.5, 0.6) is 0 Å². The van der Waals surface area contributed by atoms with E-state index >= 15 is 0 Å². The first kappa shape index (κ1) is 27.6. The highest BCUT2D eigenvalue weighted by Crippen LogP contribution is 2.55. The lowest BCUT2D eigenvalue weighted by molar-refractivity contribution is -0.142. The summed E-state index contributed by atoms with van der Waals surface area (Å²) in [5.41, 5.74) is 1.48. The fourth-order valence-electron chi connectivity index (χ4n) is 7.35. The maximum absolute atomic E-state index is 14.2. The van der Waals surface area contributed by atoms with Gasteiger partial charge < -0.3 is 20.3 Å². The Bertz CT molecular complexity index is 1340. The standard InChI is InChI=1S/C33H40N4O4/c1-19(2)23-10-12-24(13-11-23)35-30(38)27-26-14-15-33(41-26)28(27)32(40)37(18-22-8-6-16-34-17-22)29(33)31(39)36-25-9-5-7-20(3)21(25)4/h6,8,10-17,19-21,25-29H,5,7,9,18H2,1-4H3,(H,35,38)(H,36,39)/t20?,21?,25?,26-,27?,28-,29?,33?/m1/s1. The highest BCUT2D eigenvalue weighted by atomic mass is 16.5. The zero-order valence-electron chi connectivity index (χ0n) is 24.2. The van der Waals surface area contributed by atoms with Gasteiger partial charge in [0.2, 0.25) is 17.7 Å². The number of nitrogens with one attached hydrogen (secondary N) is 2. The number of pyridine rings is 1. The first-order valence-electron chi connectivity index (χ1n) is 15.0. The molecule has 3 amide bonds. The first-order valence-corrected chi connectivity index (χ1v) is 15.0. The molecule has 1 aliphatic carbocycles. The molecule has 4 aliphatic rings. The summed E-state index contributed by atoms with van der Waals surface area (Å²) in [7, 11) is 0. The Labute approximate surface area is 241 Å². The van der Waals surface area contributed by atoms with Gasteiger partial charge in [0.1, 0.15) is 11.6 Å². The second-order valence-corrected chi connectivity index (χ2v) is 12.7. The minimum atomic E-state index is -1.19. The van der Waals surface area contributed by atoms with E-state index in [1.165, 1.54) is 5.56 Å². The van der Waals surface area contributed by atoms with E-state index in [-0.39, 0.29) is 30.3 Å². The van der Waals surface area contributed by atoms with E-state index in [0.29, 0.717) is 23.4 Å². The van der Waals surface area contributed by atoms with Crippen LogP contribution >= 0.6 is 0 Å². The molecule has 0 radical (unpaired) electrons. The zero-order chi connectivity index (χ0) is 28.9. The van der Waals surface area contributed by atoms with Crippen molar-refractivity contribution in [1.82, 2.24) is 15.2 Å². The number of rotatable bonds is 7. The highest BCUT2D eigenvalue weighted by Gasteiger charge is 2.72. The Morgan fingerprint density at radius 3 is 2.61 bits per heavy atom. The lowest BCUT2D eigenvalue weighted by Gasteiger charge is -2.38. The van der Waals surface area contributed by atoms with E-state index in [1.807, 2.05) is 48.6 Å². The number of carbonyl (C=O) groups is 3. The van der Waals surface area contributed by atoms with Crippen LogP contribution in [0, 0.1) is 23.7 Å². The molecule has 1 spiro atoms. The molecule has 2 saturated heterocycles. The van der Waals surface area contributed by atoms with E-state index in [0.717, 1.165) is 24.8 Å². The lowest BCUT2D eigenvalue weighted by Crippen LogP contribution is -2.57. The highest BCUT2D eigenvalue weighted by molar-refractivity contribution is 6.02. The van der Waals surface area contributed by atoms with Crippen LogP contribution in [0.15, 0.2) is 60.9 Å². The van der Waals surface area contributed by atoms with Crippen molar-refractivity contribution in [2.24, 2.45) is 23.7 Å². The fourth-order valence-corrected chi connectivity index (χ4v) is 7.35. The summed E-state index contributed by atoms with van der Waals surface area (Å²) in [4.78, 5) is 47.9. The molecule has 1 saturated carbocycles. The molecule has 6 unspecified atom stereocenters. The third-order valence-electron chi connectivity index (χ3n) is 9.88. The molecule has 4 heterocycles. The van der Waals surface area contributed by atoms with Gasteiger partial charge in [0, 0.05) is 30.7 Å².